The number of hydrazone groups is 1. The number of nitrogens with one attached hydrogen (secondary N) is 1. The Labute approximate surface area is 182 Å². The molecule has 0 saturated carbocycles. The third-order valence-electron chi connectivity index (χ3n) is 4.28. The number of carbonyl (C=O) groups excluding carboxylic acids is 1. The summed E-state index contributed by atoms with van der Waals surface area (Å²) in [4.78, 5) is 14.0. The van der Waals surface area contributed by atoms with Gasteiger partial charge in [-0.1, -0.05) is 23.7 Å². The fraction of sp³-hybridized carbons (Fsp3) is 0.0455. The number of aromatic nitrogens is 2. The Hall–Kier alpha value is -3.29. The second-order valence-electron chi connectivity index (χ2n) is 6.25. The summed E-state index contributed by atoms with van der Waals surface area (Å²) in [6.45, 7) is 0. The summed E-state index contributed by atoms with van der Waals surface area (Å²) in [5, 5.41) is 9.20. The molecular weight excluding hydrogens is 420 g/mol. The maximum absolute atomic E-state index is 12.8. The fourth-order valence-electron chi connectivity index (χ4n) is 2.78. The molecule has 2 heterocycles. The monoisotopic (exact) mass is 436 g/mol. The van der Waals surface area contributed by atoms with Crippen LogP contribution in [0.3, 0.4) is 0 Å². The Balaban J connectivity index is 1.60. The maximum atomic E-state index is 12.8. The predicted molar refractivity (Wildman–Crippen MR) is 120 cm³/mol. The molecule has 8 heteroatoms. The van der Waals surface area contributed by atoms with Gasteiger partial charge in [0.15, 0.2) is 5.76 Å². The van der Waals surface area contributed by atoms with Gasteiger partial charge in [-0.05, 0) is 60.4 Å². The lowest BCUT2D eigenvalue weighted by atomic mass is 10.2. The molecule has 0 aliphatic rings. The molecule has 30 heavy (non-hydrogen) atoms. The quantitative estimate of drug-likeness (QED) is 0.254. The van der Waals surface area contributed by atoms with Gasteiger partial charge in [0.1, 0.15) is 11.4 Å². The molecule has 4 aromatic rings. The molecule has 1 N–H and O–H groups in total. The SMILES string of the molecule is CSc1ccc(/C=N\NC(=O)c2cc(-c3ccco3)nn2-c2ccc(Cl)cc2)cc1. The number of halogens is 1. The van der Waals surface area contributed by atoms with Gasteiger partial charge < -0.3 is 4.42 Å². The molecule has 0 spiro atoms. The van der Waals surface area contributed by atoms with Crippen LogP contribution in [0.5, 0.6) is 0 Å². The standard InChI is InChI=1S/C22H17ClN4O2S/c1-30-18-10-4-15(5-11-18)14-24-25-22(28)20-13-19(21-3-2-12-29-21)26-27(20)17-8-6-16(23)7-9-17/h2-14H,1H3,(H,25,28)/b24-14-. The predicted octanol–water partition coefficient (Wildman–Crippen LogP) is 5.27. The van der Waals surface area contributed by atoms with Crippen molar-refractivity contribution in [2.24, 2.45) is 5.10 Å². The van der Waals surface area contributed by atoms with Crippen molar-refractivity contribution in [2.75, 3.05) is 6.26 Å². The van der Waals surface area contributed by atoms with E-state index in [-0.39, 0.29) is 0 Å². The van der Waals surface area contributed by atoms with Crippen LogP contribution in [-0.2, 0) is 0 Å². The zero-order valence-electron chi connectivity index (χ0n) is 15.9. The Morgan fingerprint density at radius 2 is 1.93 bits per heavy atom. The first kappa shape index (κ1) is 20.0. The molecule has 0 unspecified atom stereocenters. The smallest absolute Gasteiger partial charge is 0.290 e. The van der Waals surface area contributed by atoms with Crippen LogP contribution < -0.4 is 5.43 Å². The van der Waals surface area contributed by atoms with E-state index in [1.165, 1.54) is 4.68 Å². The number of benzene rings is 2. The summed E-state index contributed by atoms with van der Waals surface area (Å²) >= 11 is 7.65. The highest BCUT2D eigenvalue weighted by molar-refractivity contribution is 7.98. The second kappa shape index (κ2) is 9.02. The molecule has 0 atom stereocenters. The van der Waals surface area contributed by atoms with Crippen LogP contribution in [0, 0.1) is 0 Å². The summed E-state index contributed by atoms with van der Waals surface area (Å²) in [5.74, 6) is 0.168. The number of thioether (sulfide) groups is 1. The van der Waals surface area contributed by atoms with Gasteiger partial charge in [-0.2, -0.15) is 10.2 Å². The van der Waals surface area contributed by atoms with Gasteiger partial charge in [-0.3, -0.25) is 4.79 Å². The van der Waals surface area contributed by atoms with Crippen LogP contribution in [0.15, 0.2) is 87.4 Å². The first-order valence-electron chi connectivity index (χ1n) is 9.01. The van der Waals surface area contributed by atoms with Crippen molar-refractivity contribution >= 4 is 35.5 Å². The molecule has 0 aliphatic heterocycles. The van der Waals surface area contributed by atoms with E-state index in [0.29, 0.717) is 27.9 Å². The van der Waals surface area contributed by atoms with Crippen molar-refractivity contribution < 1.29 is 9.21 Å². The van der Waals surface area contributed by atoms with Crippen molar-refractivity contribution in [3.8, 4) is 17.1 Å². The van der Waals surface area contributed by atoms with E-state index in [9.17, 15) is 4.79 Å². The van der Waals surface area contributed by atoms with Crippen LogP contribution in [0.4, 0.5) is 0 Å². The molecule has 4 rings (SSSR count). The lowest BCUT2D eigenvalue weighted by Gasteiger charge is -2.06. The highest BCUT2D eigenvalue weighted by atomic mass is 35.5. The summed E-state index contributed by atoms with van der Waals surface area (Å²) in [7, 11) is 0. The molecular formula is C22H17ClN4O2S. The van der Waals surface area contributed by atoms with Crippen molar-refractivity contribution in [1.29, 1.82) is 0 Å². The Morgan fingerprint density at radius 1 is 1.17 bits per heavy atom. The van der Waals surface area contributed by atoms with Crippen LogP contribution in [-0.4, -0.2) is 28.2 Å². The van der Waals surface area contributed by atoms with Crippen LogP contribution in [0.2, 0.25) is 5.02 Å². The Kier molecular flexibility index (Phi) is 6.02. The average Bonchev–Trinajstić information content (AvgIpc) is 3.45. The maximum Gasteiger partial charge on any atom is 0.290 e. The molecule has 0 bridgehead atoms. The largest absolute Gasteiger partial charge is 0.463 e. The van der Waals surface area contributed by atoms with Crippen molar-refractivity contribution in [2.45, 2.75) is 4.90 Å². The van der Waals surface area contributed by atoms with Crippen LogP contribution >= 0.6 is 23.4 Å². The van der Waals surface area contributed by atoms with Crippen molar-refractivity contribution in [1.82, 2.24) is 15.2 Å². The number of nitrogens with zero attached hydrogens (tertiary/aromatic N) is 3. The van der Waals surface area contributed by atoms with Gasteiger partial charge in [0.2, 0.25) is 0 Å². The van der Waals surface area contributed by atoms with E-state index in [4.69, 9.17) is 16.0 Å². The van der Waals surface area contributed by atoms with Gasteiger partial charge in [0.05, 0.1) is 18.2 Å². The van der Waals surface area contributed by atoms with Gasteiger partial charge >= 0.3 is 0 Å². The first-order valence-corrected chi connectivity index (χ1v) is 10.6. The van der Waals surface area contributed by atoms with E-state index in [1.54, 1.807) is 66.7 Å². The molecule has 0 saturated heterocycles. The lowest BCUT2D eigenvalue weighted by Crippen LogP contribution is -2.21. The van der Waals surface area contributed by atoms with E-state index in [2.05, 4.69) is 15.6 Å². The zero-order chi connectivity index (χ0) is 20.9. The molecule has 0 aliphatic carbocycles. The average molecular weight is 437 g/mol. The number of amides is 1. The summed E-state index contributed by atoms with van der Waals surface area (Å²) in [6.07, 6.45) is 5.17. The normalized spacial score (nSPS) is 11.1. The number of hydrogen-bond donors (Lipinski definition) is 1. The number of hydrogen-bond acceptors (Lipinski definition) is 5. The Morgan fingerprint density at radius 3 is 2.60 bits per heavy atom. The minimum atomic E-state index is -0.396. The highest BCUT2D eigenvalue weighted by Gasteiger charge is 2.18. The van der Waals surface area contributed by atoms with E-state index in [0.717, 1.165) is 10.5 Å². The number of carbonyl (C=O) groups is 1. The summed E-state index contributed by atoms with van der Waals surface area (Å²) in [6, 6.07) is 20.1. The van der Waals surface area contributed by atoms with Crippen LogP contribution in [0.1, 0.15) is 16.1 Å². The molecule has 150 valence electrons. The number of rotatable bonds is 6. The van der Waals surface area contributed by atoms with Crippen LogP contribution in [0.25, 0.3) is 17.1 Å². The zero-order valence-corrected chi connectivity index (χ0v) is 17.5. The Bertz CT molecular complexity index is 1170. The topological polar surface area (TPSA) is 72.4 Å². The van der Waals surface area contributed by atoms with Gasteiger partial charge in [-0.15, -0.1) is 11.8 Å². The fourth-order valence-corrected chi connectivity index (χ4v) is 3.31. The highest BCUT2D eigenvalue weighted by Crippen LogP contribution is 2.23. The molecule has 0 radical (unpaired) electrons. The molecule has 1 amide bonds. The third kappa shape index (κ3) is 4.48. The number of furan rings is 1. The molecule has 2 aromatic carbocycles. The first-order chi connectivity index (χ1) is 14.6. The summed E-state index contributed by atoms with van der Waals surface area (Å²) in [5.41, 5.74) is 5.00. The lowest BCUT2D eigenvalue weighted by molar-refractivity contribution is 0.0947. The minimum Gasteiger partial charge on any atom is -0.463 e. The molecule has 6 nitrogen and oxygen atoms in total. The van der Waals surface area contributed by atoms with E-state index < -0.39 is 5.91 Å². The minimum absolute atomic E-state index is 0.318. The van der Waals surface area contributed by atoms with Crippen molar-refractivity contribution in [3.05, 3.63) is 89.3 Å². The van der Waals surface area contributed by atoms with Gasteiger partial charge in [0.25, 0.3) is 5.91 Å². The second-order valence-corrected chi connectivity index (χ2v) is 7.57. The van der Waals surface area contributed by atoms with Gasteiger partial charge in [-0.25, -0.2) is 10.1 Å². The molecule has 2 aromatic heterocycles. The van der Waals surface area contributed by atoms with Gasteiger partial charge in [0, 0.05) is 16.0 Å². The van der Waals surface area contributed by atoms with E-state index >= 15 is 0 Å². The summed E-state index contributed by atoms with van der Waals surface area (Å²) < 4.78 is 6.95. The van der Waals surface area contributed by atoms with E-state index in [1.807, 2.05) is 30.5 Å². The third-order valence-corrected chi connectivity index (χ3v) is 5.28. The molecule has 0 fully saturated rings. The van der Waals surface area contributed by atoms with Crippen molar-refractivity contribution in [3.63, 3.8) is 0 Å².